The molecular formula is C13H19BrN2OS2. The summed E-state index contributed by atoms with van der Waals surface area (Å²) in [6.45, 7) is 0.522. The van der Waals surface area contributed by atoms with Crippen molar-refractivity contribution in [2.24, 2.45) is 0 Å². The van der Waals surface area contributed by atoms with Crippen molar-refractivity contribution in [1.29, 1.82) is 0 Å². The minimum absolute atomic E-state index is 0.522. The average Bonchev–Trinajstić information content (AvgIpc) is 2.43. The molecule has 1 aromatic rings. The van der Waals surface area contributed by atoms with Crippen molar-refractivity contribution >= 4 is 39.9 Å². The van der Waals surface area contributed by atoms with Crippen LogP contribution in [0, 0.1) is 4.64 Å². The Labute approximate surface area is 132 Å². The van der Waals surface area contributed by atoms with Crippen LogP contribution in [-0.2, 0) is 17.1 Å². The Morgan fingerprint density at radius 2 is 2.16 bits per heavy atom. The number of methoxy groups -OCH3 is 1. The number of rotatable bonds is 5. The van der Waals surface area contributed by atoms with Crippen LogP contribution >= 0.6 is 39.9 Å². The summed E-state index contributed by atoms with van der Waals surface area (Å²) in [7, 11) is 1.68. The molecule has 0 aliphatic heterocycles. The van der Waals surface area contributed by atoms with Gasteiger partial charge < -0.3 is 9.72 Å². The molecule has 106 valence electrons. The number of nitrogens with zero attached hydrogens (tertiary/aromatic N) is 1. The van der Waals surface area contributed by atoms with E-state index in [1.807, 2.05) is 11.8 Å². The van der Waals surface area contributed by atoms with Crippen LogP contribution in [0.15, 0.2) is 4.47 Å². The molecule has 1 saturated carbocycles. The van der Waals surface area contributed by atoms with Gasteiger partial charge in [-0.1, -0.05) is 31.5 Å². The Morgan fingerprint density at radius 1 is 1.42 bits per heavy atom. The molecule has 1 N–H and O–H groups in total. The molecule has 6 heteroatoms. The Balaban J connectivity index is 2.01. The predicted molar refractivity (Wildman–Crippen MR) is 86.0 cm³/mol. The van der Waals surface area contributed by atoms with Gasteiger partial charge in [0.25, 0.3) is 0 Å². The van der Waals surface area contributed by atoms with E-state index in [4.69, 9.17) is 17.0 Å². The molecule has 0 amide bonds. The Hall–Kier alpha value is 0.0900. The number of halogens is 1. The summed E-state index contributed by atoms with van der Waals surface area (Å²) in [4.78, 5) is 7.76. The van der Waals surface area contributed by atoms with Gasteiger partial charge in [0.15, 0.2) is 0 Å². The molecule has 0 atom stereocenters. The van der Waals surface area contributed by atoms with Gasteiger partial charge in [-0.25, -0.2) is 4.98 Å². The van der Waals surface area contributed by atoms with Crippen molar-refractivity contribution in [3.05, 3.63) is 20.6 Å². The third-order valence-corrected chi connectivity index (χ3v) is 6.08. The lowest BCUT2D eigenvalue weighted by molar-refractivity contribution is 0.180. The topological polar surface area (TPSA) is 37.9 Å². The average molecular weight is 363 g/mol. The minimum Gasteiger partial charge on any atom is -0.378 e. The number of hydrogen-bond donors (Lipinski definition) is 1. The molecule has 3 nitrogen and oxygen atoms in total. The molecule has 2 rings (SSSR count). The van der Waals surface area contributed by atoms with E-state index >= 15 is 0 Å². The highest BCUT2D eigenvalue weighted by Gasteiger charge is 2.14. The van der Waals surface area contributed by atoms with Crippen molar-refractivity contribution in [2.45, 2.75) is 49.7 Å². The highest BCUT2D eigenvalue weighted by atomic mass is 79.9. The van der Waals surface area contributed by atoms with E-state index in [0.29, 0.717) is 11.2 Å². The summed E-state index contributed by atoms with van der Waals surface area (Å²) >= 11 is 10.7. The molecule has 0 radical (unpaired) electrons. The Bertz CT molecular complexity index is 472. The maximum Gasteiger partial charge on any atom is 0.144 e. The molecule has 1 aliphatic carbocycles. The lowest BCUT2D eigenvalue weighted by Crippen LogP contribution is -2.09. The highest BCUT2D eigenvalue weighted by Crippen LogP contribution is 2.30. The van der Waals surface area contributed by atoms with Gasteiger partial charge in [0.2, 0.25) is 0 Å². The molecule has 0 spiro atoms. The molecule has 0 aromatic carbocycles. The van der Waals surface area contributed by atoms with E-state index in [-0.39, 0.29) is 0 Å². The molecule has 0 bridgehead atoms. The zero-order chi connectivity index (χ0) is 13.7. The molecule has 1 aliphatic rings. The van der Waals surface area contributed by atoms with Crippen LogP contribution in [0.4, 0.5) is 0 Å². The van der Waals surface area contributed by atoms with Gasteiger partial charge in [0.1, 0.15) is 10.5 Å². The van der Waals surface area contributed by atoms with Gasteiger partial charge in [0, 0.05) is 12.4 Å². The first-order chi connectivity index (χ1) is 9.20. The molecular weight excluding hydrogens is 344 g/mol. The van der Waals surface area contributed by atoms with Gasteiger partial charge in [-0.15, -0.1) is 0 Å². The first-order valence-electron chi connectivity index (χ1n) is 6.59. The van der Waals surface area contributed by atoms with Crippen molar-refractivity contribution in [3.63, 3.8) is 0 Å². The van der Waals surface area contributed by atoms with E-state index in [1.165, 1.54) is 32.1 Å². The normalized spacial score (nSPS) is 16.7. The monoisotopic (exact) mass is 362 g/mol. The SMILES string of the molecule is COCc1[nH]c(CSC2CCCCC2)nc(=S)c1Br. The van der Waals surface area contributed by atoms with Crippen LogP contribution in [0.3, 0.4) is 0 Å². The van der Waals surface area contributed by atoms with Crippen LogP contribution in [0.5, 0.6) is 0 Å². The van der Waals surface area contributed by atoms with E-state index < -0.39 is 0 Å². The number of thioether (sulfide) groups is 1. The quantitative estimate of drug-likeness (QED) is 0.775. The van der Waals surface area contributed by atoms with Gasteiger partial charge in [-0.3, -0.25) is 0 Å². The van der Waals surface area contributed by atoms with Gasteiger partial charge >= 0.3 is 0 Å². The number of ether oxygens (including phenoxy) is 1. The number of hydrogen-bond acceptors (Lipinski definition) is 4. The van der Waals surface area contributed by atoms with Crippen LogP contribution in [-0.4, -0.2) is 22.3 Å². The number of nitrogens with one attached hydrogen (secondary N) is 1. The van der Waals surface area contributed by atoms with Crippen LogP contribution in [0.1, 0.15) is 43.6 Å². The maximum atomic E-state index is 5.27. The van der Waals surface area contributed by atoms with Crippen LogP contribution < -0.4 is 0 Å². The Kier molecular flexibility index (Phi) is 6.32. The summed E-state index contributed by atoms with van der Waals surface area (Å²) < 4.78 is 6.63. The fourth-order valence-electron chi connectivity index (χ4n) is 2.30. The maximum absolute atomic E-state index is 5.27. The van der Waals surface area contributed by atoms with E-state index in [1.54, 1.807) is 7.11 Å². The fraction of sp³-hybridized carbons (Fsp3) is 0.692. The summed E-state index contributed by atoms with van der Waals surface area (Å²) in [5.74, 6) is 1.86. The van der Waals surface area contributed by atoms with Gasteiger partial charge in [-0.05, 0) is 28.8 Å². The van der Waals surface area contributed by atoms with E-state index in [2.05, 4.69) is 25.9 Å². The van der Waals surface area contributed by atoms with Crippen molar-refractivity contribution in [1.82, 2.24) is 9.97 Å². The lowest BCUT2D eigenvalue weighted by atomic mass is 10.0. The summed E-state index contributed by atoms with van der Waals surface area (Å²) in [6, 6.07) is 0. The zero-order valence-corrected chi connectivity index (χ0v) is 14.3. The molecule has 19 heavy (non-hydrogen) atoms. The zero-order valence-electron chi connectivity index (χ0n) is 11.1. The second kappa shape index (κ2) is 7.76. The number of H-pyrrole nitrogens is 1. The molecule has 1 heterocycles. The third kappa shape index (κ3) is 4.55. The molecule has 1 aromatic heterocycles. The lowest BCUT2D eigenvalue weighted by Gasteiger charge is -2.20. The van der Waals surface area contributed by atoms with E-state index in [9.17, 15) is 0 Å². The second-order valence-electron chi connectivity index (χ2n) is 4.79. The molecule has 1 fully saturated rings. The van der Waals surface area contributed by atoms with Gasteiger partial charge in [-0.2, -0.15) is 11.8 Å². The van der Waals surface area contributed by atoms with Gasteiger partial charge in [0.05, 0.1) is 22.5 Å². The predicted octanol–water partition coefficient (Wildman–Crippen LogP) is 4.61. The Morgan fingerprint density at radius 3 is 2.84 bits per heavy atom. The third-order valence-electron chi connectivity index (χ3n) is 3.28. The number of aromatic nitrogens is 2. The van der Waals surface area contributed by atoms with E-state index in [0.717, 1.165) is 27.0 Å². The van der Waals surface area contributed by atoms with Crippen molar-refractivity contribution in [3.8, 4) is 0 Å². The van der Waals surface area contributed by atoms with Crippen LogP contribution in [0.25, 0.3) is 0 Å². The second-order valence-corrected chi connectivity index (χ2v) is 7.25. The van der Waals surface area contributed by atoms with Crippen LogP contribution in [0.2, 0.25) is 0 Å². The summed E-state index contributed by atoms with van der Waals surface area (Å²) in [5, 5.41) is 0.784. The number of aromatic amines is 1. The van der Waals surface area contributed by atoms with Crippen molar-refractivity contribution < 1.29 is 4.74 Å². The molecule has 0 saturated heterocycles. The summed E-state index contributed by atoms with van der Waals surface area (Å²) in [6.07, 6.45) is 6.82. The summed E-state index contributed by atoms with van der Waals surface area (Å²) in [5.41, 5.74) is 0.974. The first kappa shape index (κ1) is 15.5. The first-order valence-corrected chi connectivity index (χ1v) is 8.84. The van der Waals surface area contributed by atoms with Crippen molar-refractivity contribution in [2.75, 3.05) is 7.11 Å². The largest absolute Gasteiger partial charge is 0.378 e. The molecule has 0 unspecified atom stereocenters. The fourth-order valence-corrected chi connectivity index (χ4v) is 4.03. The minimum atomic E-state index is 0.522. The smallest absolute Gasteiger partial charge is 0.144 e. The standard InChI is InChI=1S/C13H19BrN2OS2/c1-17-7-10-12(14)13(18)16-11(15-10)8-19-9-5-3-2-4-6-9/h9H,2-8H2,1H3,(H,15,16,18). The highest BCUT2D eigenvalue weighted by molar-refractivity contribution is 9.10.